The van der Waals surface area contributed by atoms with Crippen molar-refractivity contribution in [3.63, 3.8) is 0 Å². The summed E-state index contributed by atoms with van der Waals surface area (Å²) in [5.74, 6) is 0.817. The molecule has 3 nitrogen and oxygen atoms in total. The molecule has 0 radical (unpaired) electrons. The zero-order valence-corrected chi connectivity index (χ0v) is 13.4. The first-order chi connectivity index (χ1) is 9.59. The molecular weight excluding hydrogens is 313 g/mol. The van der Waals surface area contributed by atoms with Crippen molar-refractivity contribution in [1.82, 2.24) is 14.5 Å². The maximum absolute atomic E-state index is 6.36. The average molecular weight is 326 g/mol. The number of alkyl halides is 1. The van der Waals surface area contributed by atoms with Crippen LogP contribution < -0.4 is 0 Å². The smallest absolute Gasteiger partial charge is 0.128 e. The second kappa shape index (κ2) is 5.35. The number of halogens is 2. The lowest BCUT2D eigenvalue weighted by atomic mass is 10.2. The van der Waals surface area contributed by atoms with Crippen LogP contribution in [0.2, 0.25) is 5.02 Å². The first-order valence-electron chi connectivity index (χ1n) is 6.29. The molecule has 1 aromatic carbocycles. The van der Waals surface area contributed by atoms with Crippen molar-refractivity contribution in [3.05, 3.63) is 45.6 Å². The Morgan fingerprint density at radius 3 is 2.75 bits per heavy atom. The number of benzene rings is 1. The van der Waals surface area contributed by atoms with Gasteiger partial charge in [-0.2, -0.15) is 0 Å². The van der Waals surface area contributed by atoms with Gasteiger partial charge in [0.2, 0.25) is 0 Å². The van der Waals surface area contributed by atoms with Crippen LogP contribution in [0, 0.1) is 0 Å². The van der Waals surface area contributed by atoms with Crippen LogP contribution in [0.5, 0.6) is 0 Å². The molecule has 2 aromatic heterocycles. The summed E-state index contributed by atoms with van der Waals surface area (Å²) in [5, 5.41) is 3.47. The van der Waals surface area contributed by atoms with Gasteiger partial charge in [-0.1, -0.05) is 17.7 Å². The van der Waals surface area contributed by atoms with Crippen molar-refractivity contribution < 1.29 is 0 Å². The van der Waals surface area contributed by atoms with E-state index in [0.717, 1.165) is 21.9 Å². The van der Waals surface area contributed by atoms with Crippen LogP contribution in [0.15, 0.2) is 29.8 Å². The minimum Gasteiger partial charge on any atom is -0.316 e. The first-order valence-corrected chi connectivity index (χ1v) is 7.98. The number of aromatic nitrogens is 3. The summed E-state index contributed by atoms with van der Waals surface area (Å²) in [6, 6.07) is 5.78. The molecule has 2 atom stereocenters. The molecule has 0 fully saturated rings. The fraction of sp³-hybridized carbons (Fsp3) is 0.286. The molecule has 104 valence electrons. The Hall–Kier alpha value is -1.10. The molecule has 0 saturated heterocycles. The van der Waals surface area contributed by atoms with Gasteiger partial charge in [0.05, 0.1) is 27.5 Å². The zero-order chi connectivity index (χ0) is 14.3. The van der Waals surface area contributed by atoms with Crippen LogP contribution in [-0.2, 0) is 0 Å². The fourth-order valence-electron chi connectivity index (χ4n) is 2.35. The number of nitrogens with zero attached hydrogens (tertiary/aromatic N) is 3. The molecule has 3 aromatic rings. The van der Waals surface area contributed by atoms with E-state index in [4.69, 9.17) is 23.2 Å². The maximum atomic E-state index is 6.36. The maximum Gasteiger partial charge on any atom is 0.128 e. The molecule has 0 bridgehead atoms. The number of hydrogen-bond acceptors (Lipinski definition) is 3. The summed E-state index contributed by atoms with van der Waals surface area (Å²) < 4.78 is 2.09. The second-order valence-electron chi connectivity index (χ2n) is 4.61. The molecule has 0 spiro atoms. The summed E-state index contributed by atoms with van der Waals surface area (Å²) in [5.41, 5.74) is 1.78. The summed E-state index contributed by atoms with van der Waals surface area (Å²) in [4.78, 5) is 9.02. The standard InChI is InChI=1S/C14H13Cl2N3S/c1-8(15)13-18-11-5-3-4-10(16)12(11)19(13)9(2)14-17-6-7-20-14/h3-9H,1-2H3. The lowest BCUT2D eigenvalue weighted by molar-refractivity contribution is 0.615. The zero-order valence-electron chi connectivity index (χ0n) is 11.0. The third-order valence-corrected chi connectivity index (χ3v) is 4.69. The van der Waals surface area contributed by atoms with Gasteiger partial charge in [-0.25, -0.2) is 9.97 Å². The Bertz CT molecular complexity index is 734. The van der Waals surface area contributed by atoms with Gasteiger partial charge >= 0.3 is 0 Å². The Labute approximate surface area is 131 Å². The van der Waals surface area contributed by atoms with Gasteiger partial charge in [0.25, 0.3) is 0 Å². The predicted octanol–water partition coefficient (Wildman–Crippen LogP) is 5.06. The van der Waals surface area contributed by atoms with E-state index in [9.17, 15) is 0 Å². The number of hydrogen-bond donors (Lipinski definition) is 0. The van der Waals surface area contributed by atoms with Gasteiger partial charge in [0, 0.05) is 11.6 Å². The number of fused-ring (bicyclic) bond motifs is 1. The Morgan fingerprint density at radius 1 is 1.30 bits per heavy atom. The summed E-state index contributed by atoms with van der Waals surface area (Å²) >= 11 is 14.3. The first kappa shape index (κ1) is 13.9. The van der Waals surface area contributed by atoms with E-state index < -0.39 is 0 Å². The highest BCUT2D eigenvalue weighted by atomic mass is 35.5. The highest BCUT2D eigenvalue weighted by Crippen LogP contribution is 2.34. The molecular formula is C14H13Cl2N3S. The molecule has 0 N–H and O–H groups in total. The normalized spacial score (nSPS) is 14.6. The van der Waals surface area contributed by atoms with E-state index in [2.05, 4.69) is 21.5 Å². The van der Waals surface area contributed by atoms with E-state index >= 15 is 0 Å². The molecule has 0 aliphatic rings. The van der Waals surface area contributed by atoms with Gasteiger partial charge in [-0.05, 0) is 26.0 Å². The highest BCUT2D eigenvalue weighted by Gasteiger charge is 2.22. The van der Waals surface area contributed by atoms with E-state index in [1.807, 2.05) is 30.5 Å². The second-order valence-corrected chi connectivity index (χ2v) is 6.60. The minimum atomic E-state index is -0.194. The quantitative estimate of drug-likeness (QED) is 0.630. The van der Waals surface area contributed by atoms with Crippen LogP contribution in [0.1, 0.15) is 36.1 Å². The molecule has 6 heteroatoms. The van der Waals surface area contributed by atoms with Gasteiger partial charge in [-0.3, -0.25) is 0 Å². The minimum absolute atomic E-state index is 0.0519. The molecule has 3 rings (SSSR count). The van der Waals surface area contributed by atoms with E-state index in [1.54, 1.807) is 17.5 Å². The van der Waals surface area contributed by atoms with Gasteiger partial charge in [0.15, 0.2) is 0 Å². The average Bonchev–Trinajstić information content (AvgIpc) is 3.06. The molecule has 0 saturated carbocycles. The monoisotopic (exact) mass is 325 g/mol. The van der Waals surface area contributed by atoms with Gasteiger partial charge < -0.3 is 4.57 Å². The number of para-hydroxylation sites is 1. The molecule has 2 heterocycles. The van der Waals surface area contributed by atoms with E-state index in [1.165, 1.54) is 0 Å². The molecule has 2 unspecified atom stereocenters. The highest BCUT2D eigenvalue weighted by molar-refractivity contribution is 7.09. The van der Waals surface area contributed by atoms with Crippen LogP contribution in [-0.4, -0.2) is 14.5 Å². The summed E-state index contributed by atoms with van der Waals surface area (Å²) in [6.07, 6.45) is 1.81. The van der Waals surface area contributed by atoms with Crippen molar-refractivity contribution in [2.45, 2.75) is 25.3 Å². The number of thiazole rings is 1. The van der Waals surface area contributed by atoms with Crippen LogP contribution in [0.4, 0.5) is 0 Å². The lowest BCUT2D eigenvalue weighted by Crippen LogP contribution is -2.11. The molecule has 0 aliphatic heterocycles. The third kappa shape index (κ3) is 2.22. The largest absolute Gasteiger partial charge is 0.316 e. The molecule has 20 heavy (non-hydrogen) atoms. The van der Waals surface area contributed by atoms with Crippen molar-refractivity contribution in [2.24, 2.45) is 0 Å². The predicted molar refractivity (Wildman–Crippen MR) is 84.9 cm³/mol. The van der Waals surface area contributed by atoms with Crippen LogP contribution >= 0.6 is 34.5 Å². The van der Waals surface area contributed by atoms with E-state index in [0.29, 0.717) is 5.02 Å². The summed E-state index contributed by atoms with van der Waals surface area (Å²) in [6.45, 7) is 4.01. The molecule has 0 amide bonds. The topological polar surface area (TPSA) is 30.7 Å². The number of imidazole rings is 1. The number of rotatable bonds is 3. The Kier molecular flexibility index (Phi) is 3.71. The third-order valence-electron chi connectivity index (χ3n) is 3.24. The van der Waals surface area contributed by atoms with Crippen molar-refractivity contribution in [3.8, 4) is 0 Å². The van der Waals surface area contributed by atoms with Crippen LogP contribution in [0.3, 0.4) is 0 Å². The van der Waals surface area contributed by atoms with Crippen molar-refractivity contribution in [1.29, 1.82) is 0 Å². The van der Waals surface area contributed by atoms with Crippen molar-refractivity contribution in [2.75, 3.05) is 0 Å². The fourth-order valence-corrected chi connectivity index (χ4v) is 3.45. The SMILES string of the molecule is CC(Cl)c1nc2cccc(Cl)c2n1C(C)c1nccs1. The Balaban J connectivity index is 2.29. The van der Waals surface area contributed by atoms with E-state index in [-0.39, 0.29) is 11.4 Å². The molecule has 0 aliphatic carbocycles. The van der Waals surface area contributed by atoms with Gasteiger partial charge in [0.1, 0.15) is 10.8 Å². The summed E-state index contributed by atoms with van der Waals surface area (Å²) in [7, 11) is 0. The Morgan fingerprint density at radius 2 is 2.10 bits per heavy atom. The van der Waals surface area contributed by atoms with Crippen molar-refractivity contribution >= 4 is 45.6 Å². The van der Waals surface area contributed by atoms with Gasteiger partial charge in [-0.15, -0.1) is 22.9 Å². The van der Waals surface area contributed by atoms with Crippen LogP contribution in [0.25, 0.3) is 11.0 Å². The lowest BCUT2D eigenvalue weighted by Gasteiger charge is -2.17.